The fourth-order valence-corrected chi connectivity index (χ4v) is 9.97. The van der Waals surface area contributed by atoms with Crippen LogP contribution in [-0.2, 0) is 9.47 Å². The molecule has 1 aromatic carbocycles. The summed E-state index contributed by atoms with van der Waals surface area (Å²) in [4.78, 5) is 0. The van der Waals surface area contributed by atoms with E-state index in [9.17, 15) is 0 Å². The van der Waals surface area contributed by atoms with Crippen molar-refractivity contribution < 1.29 is 9.47 Å². The molecule has 22 heavy (non-hydrogen) atoms. The van der Waals surface area contributed by atoms with Crippen LogP contribution >= 0.6 is 0 Å². The monoisotopic (exact) mass is 334 g/mol. The van der Waals surface area contributed by atoms with Crippen LogP contribution in [0.3, 0.4) is 0 Å². The highest BCUT2D eigenvalue weighted by molar-refractivity contribution is 6.47. The van der Waals surface area contributed by atoms with E-state index in [1.807, 2.05) is 0 Å². The second-order valence-corrected chi connectivity index (χ2v) is 11.0. The molecule has 0 saturated carbocycles. The van der Waals surface area contributed by atoms with Gasteiger partial charge in [-0.15, -0.1) is 0 Å². The lowest BCUT2D eigenvalue weighted by Crippen LogP contribution is -2.51. The van der Waals surface area contributed by atoms with Gasteiger partial charge in [-0.05, 0) is 44.1 Å². The highest BCUT2D eigenvalue weighted by Gasteiger charge is 2.42. The average molecular weight is 335 g/mol. The number of hydrogen-bond donors (Lipinski definition) is 0. The molecule has 2 fully saturated rings. The smallest absolute Gasteiger partial charge is 0.0668 e. The molecule has 0 spiro atoms. The van der Waals surface area contributed by atoms with E-state index in [1.54, 1.807) is 0 Å². The predicted octanol–water partition coefficient (Wildman–Crippen LogP) is 2.54. The molecule has 0 bridgehead atoms. The van der Waals surface area contributed by atoms with E-state index < -0.39 is 0 Å². The van der Waals surface area contributed by atoms with Crippen molar-refractivity contribution in [3.63, 3.8) is 0 Å². The minimum absolute atomic E-state index is 0.215. The van der Waals surface area contributed by atoms with Crippen molar-refractivity contribution >= 4 is 19.0 Å². The first-order chi connectivity index (χ1) is 10.8. The Bertz CT molecular complexity index is 440. The first-order valence-corrected chi connectivity index (χ1v) is 12.9. The molecule has 0 N–H and O–H groups in total. The maximum Gasteiger partial charge on any atom is 0.0668 e. The van der Waals surface area contributed by atoms with Crippen molar-refractivity contribution in [1.29, 1.82) is 0 Å². The zero-order chi connectivity index (χ0) is 15.3. The van der Waals surface area contributed by atoms with Gasteiger partial charge in [-0.2, -0.15) is 0 Å². The maximum atomic E-state index is 6.51. The summed E-state index contributed by atoms with van der Waals surface area (Å²) in [5.41, 5.74) is 2.76. The molecular weight excluding hydrogens is 304 g/mol. The summed E-state index contributed by atoms with van der Waals surface area (Å²) in [5, 5.41) is 0.215. The zero-order valence-electron chi connectivity index (χ0n) is 13.9. The van der Waals surface area contributed by atoms with Gasteiger partial charge in [-0.25, -0.2) is 0 Å². The highest BCUT2D eigenvalue weighted by Crippen LogP contribution is 2.38. The Morgan fingerprint density at radius 3 is 2.55 bits per heavy atom. The van der Waals surface area contributed by atoms with E-state index in [4.69, 9.17) is 9.47 Å². The Labute approximate surface area is 139 Å². The molecule has 0 radical (unpaired) electrons. The molecule has 122 valence electrons. The van der Waals surface area contributed by atoms with Gasteiger partial charge in [0.05, 0.1) is 24.3 Å². The normalized spacial score (nSPS) is 32.0. The minimum atomic E-state index is -0.344. The van der Waals surface area contributed by atoms with Crippen LogP contribution in [0.15, 0.2) is 30.3 Å². The van der Waals surface area contributed by atoms with E-state index in [0.29, 0.717) is 11.3 Å². The summed E-state index contributed by atoms with van der Waals surface area (Å²) in [6, 6.07) is 11.2. The molecule has 3 unspecified atom stereocenters. The molecule has 2 heterocycles. The maximum absolute atomic E-state index is 6.51. The molecular formula is C18H30O2Si2. The third kappa shape index (κ3) is 3.73. The number of hydrogen-bond acceptors (Lipinski definition) is 2. The van der Waals surface area contributed by atoms with Crippen molar-refractivity contribution in [2.45, 2.75) is 61.6 Å². The Kier molecular flexibility index (Phi) is 5.91. The lowest BCUT2D eigenvalue weighted by atomic mass is 9.99. The topological polar surface area (TPSA) is 18.5 Å². The molecule has 4 heteroatoms. The molecule has 2 nitrogen and oxygen atoms in total. The summed E-state index contributed by atoms with van der Waals surface area (Å²) >= 11 is 0. The summed E-state index contributed by atoms with van der Waals surface area (Å²) < 4.78 is 12.6. The summed E-state index contributed by atoms with van der Waals surface area (Å²) in [6.07, 6.45) is 7.79. The number of benzene rings is 1. The van der Waals surface area contributed by atoms with E-state index in [-0.39, 0.29) is 24.3 Å². The van der Waals surface area contributed by atoms with Crippen LogP contribution in [0.1, 0.15) is 49.6 Å². The van der Waals surface area contributed by atoms with Gasteiger partial charge in [0.1, 0.15) is 0 Å². The van der Waals surface area contributed by atoms with Crippen molar-refractivity contribution in [3.05, 3.63) is 35.9 Å². The SMILES string of the molecule is C[SiH2]C1(C([SiH2]C2CCCCO2)c2ccccc2)CCCCO1. The summed E-state index contributed by atoms with van der Waals surface area (Å²) in [5.74, 6) is 0. The van der Waals surface area contributed by atoms with Gasteiger partial charge in [-0.1, -0.05) is 36.9 Å². The molecule has 1 aromatic rings. The zero-order valence-corrected chi connectivity index (χ0v) is 16.8. The number of ether oxygens (including phenoxy) is 2. The van der Waals surface area contributed by atoms with Crippen molar-refractivity contribution in [1.82, 2.24) is 0 Å². The van der Waals surface area contributed by atoms with Crippen LogP contribution in [0.2, 0.25) is 6.55 Å². The van der Waals surface area contributed by atoms with Crippen LogP contribution in [-0.4, -0.2) is 43.2 Å². The van der Waals surface area contributed by atoms with Crippen LogP contribution in [0.25, 0.3) is 0 Å². The summed E-state index contributed by atoms with van der Waals surface area (Å²) in [6.45, 7) is 4.41. The van der Waals surface area contributed by atoms with Gasteiger partial charge < -0.3 is 9.47 Å². The van der Waals surface area contributed by atoms with Gasteiger partial charge in [-0.3, -0.25) is 0 Å². The molecule has 2 aliphatic heterocycles. The molecule has 0 aliphatic carbocycles. The van der Waals surface area contributed by atoms with Gasteiger partial charge in [0.25, 0.3) is 0 Å². The molecule has 2 aliphatic rings. The van der Waals surface area contributed by atoms with E-state index in [2.05, 4.69) is 36.9 Å². The van der Waals surface area contributed by atoms with Gasteiger partial charge in [0.15, 0.2) is 0 Å². The van der Waals surface area contributed by atoms with Crippen molar-refractivity contribution in [2.24, 2.45) is 0 Å². The van der Waals surface area contributed by atoms with E-state index in [0.717, 1.165) is 13.2 Å². The quantitative estimate of drug-likeness (QED) is 0.771. The Balaban J connectivity index is 1.84. The third-order valence-corrected chi connectivity index (χ3v) is 11.3. The summed E-state index contributed by atoms with van der Waals surface area (Å²) in [7, 11) is -0.563. The van der Waals surface area contributed by atoms with Crippen LogP contribution < -0.4 is 0 Å². The largest absolute Gasteiger partial charge is 0.382 e. The standard InChI is InChI=1S/C18H30O2Si2/c1-21-18(12-6-8-14-20-18)17(15-9-3-2-4-10-15)22-16-11-5-7-13-19-16/h2-4,9-10,16-17H,5-8,11-14,21-22H2,1H3. The first kappa shape index (κ1) is 16.4. The van der Waals surface area contributed by atoms with E-state index >= 15 is 0 Å². The first-order valence-electron chi connectivity index (χ1n) is 9.14. The fraction of sp³-hybridized carbons (Fsp3) is 0.667. The molecule has 0 aromatic heterocycles. The third-order valence-electron chi connectivity index (χ3n) is 5.59. The lowest BCUT2D eigenvalue weighted by Gasteiger charge is -2.44. The Morgan fingerprint density at radius 1 is 1.09 bits per heavy atom. The van der Waals surface area contributed by atoms with Crippen LogP contribution in [0, 0.1) is 0 Å². The average Bonchev–Trinajstić information content (AvgIpc) is 2.62. The molecule has 2 saturated heterocycles. The molecule has 3 rings (SSSR count). The number of rotatable bonds is 5. The Hall–Kier alpha value is -0.426. The predicted molar refractivity (Wildman–Crippen MR) is 98.3 cm³/mol. The van der Waals surface area contributed by atoms with Crippen molar-refractivity contribution in [2.75, 3.05) is 13.2 Å². The van der Waals surface area contributed by atoms with Gasteiger partial charge in [0.2, 0.25) is 0 Å². The fourth-order valence-electron chi connectivity index (χ4n) is 4.27. The van der Waals surface area contributed by atoms with Crippen LogP contribution in [0.4, 0.5) is 0 Å². The van der Waals surface area contributed by atoms with Crippen LogP contribution in [0.5, 0.6) is 0 Å². The van der Waals surface area contributed by atoms with Gasteiger partial charge in [0, 0.05) is 24.5 Å². The van der Waals surface area contributed by atoms with Crippen molar-refractivity contribution in [3.8, 4) is 0 Å². The van der Waals surface area contributed by atoms with E-state index in [1.165, 1.54) is 44.1 Å². The Morgan fingerprint density at radius 2 is 1.91 bits per heavy atom. The second-order valence-electron chi connectivity index (χ2n) is 6.91. The minimum Gasteiger partial charge on any atom is -0.382 e. The molecule has 3 atom stereocenters. The van der Waals surface area contributed by atoms with Gasteiger partial charge >= 0.3 is 0 Å². The highest BCUT2D eigenvalue weighted by atomic mass is 28.2. The lowest BCUT2D eigenvalue weighted by molar-refractivity contribution is -0.0257. The second kappa shape index (κ2) is 7.91. The molecule has 0 amide bonds.